The molecule has 3 aromatic carbocycles. The molecule has 0 saturated heterocycles. The first-order valence-electron chi connectivity index (χ1n) is 9.86. The van der Waals surface area contributed by atoms with E-state index in [1.807, 2.05) is 18.2 Å². The topological polar surface area (TPSA) is 93.7 Å². The van der Waals surface area contributed by atoms with Crippen LogP contribution in [0.15, 0.2) is 82.2 Å². The third-order valence-electron chi connectivity index (χ3n) is 4.33. The van der Waals surface area contributed by atoms with Gasteiger partial charge >= 0.3 is 0 Å². The normalized spacial score (nSPS) is 12.0. The molecule has 0 unspecified atom stereocenters. The number of nitrogens with one attached hydrogen (secondary N) is 2. The highest BCUT2D eigenvalue weighted by Gasteiger charge is 2.21. The fraction of sp³-hybridized carbons (Fsp3) is 0.174. The summed E-state index contributed by atoms with van der Waals surface area (Å²) in [5.74, 6) is 0.538. The summed E-state index contributed by atoms with van der Waals surface area (Å²) in [5, 5.41) is 2.75. The summed E-state index contributed by atoms with van der Waals surface area (Å²) >= 11 is 3.29. The highest BCUT2D eigenvalue weighted by molar-refractivity contribution is 9.10. The van der Waals surface area contributed by atoms with Gasteiger partial charge in [-0.15, -0.1) is 0 Å². The molecule has 7 nitrogen and oxygen atoms in total. The van der Waals surface area contributed by atoms with Gasteiger partial charge in [-0.05, 0) is 68.4 Å². The second-order valence-corrected chi connectivity index (χ2v) is 9.34. The zero-order chi connectivity index (χ0) is 23.1. The number of halogens is 1. The van der Waals surface area contributed by atoms with E-state index in [-0.39, 0.29) is 16.6 Å². The molecular weight excluding hydrogens is 496 g/mol. The number of sulfonamides is 1. The molecule has 0 aromatic heterocycles. The van der Waals surface area contributed by atoms with Crippen molar-refractivity contribution in [2.75, 3.05) is 16.6 Å². The molecule has 0 spiro atoms. The van der Waals surface area contributed by atoms with Crippen LogP contribution in [0.1, 0.15) is 13.8 Å². The second kappa shape index (κ2) is 10.5. The Morgan fingerprint density at radius 2 is 1.66 bits per heavy atom. The number of amides is 1. The van der Waals surface area contributed by atoms with Gasteiger partial charge in [-0.25, -0.2) is 8.42 Å². The lowest BCUT2D eigenvalue weighted by atomic mass is 10.2. The summed E-state index contributed by atoms with van der Waals surface area (Å²) in [5.41, 5.74) is 0.859. The summed E-state index contributed by atoms with van der Waals surface area (Å²) in [4.78, 5) is 12.4. The van der Waals surface area contributed by atoms with Crippen LogP contribution in [0, 0.1) is 0 Å². The molecule has 1 atom stereocenters. The molecule has 0 fully saturated rings. The molecule has 0 aliphatic carbocycles. The summed E-state index contributed by atoms with van der Waals surface area (Å²) in [6.45, 7) is 3.77. The highest BCUT2D eigenvalue weighted by Crippen LogP contribution is 2.29. The lowest BCUT2D eigenvalue weighted by Crippen LogP contribution is -2.30. The third-order valence-corrected chi connectivity index (χ3v) is 6.22. The van der Waals surface area contributed by atoms with E-state index in [1.54, 1.807) is 62.4 Å². The van der Waals surface area contributed by atoms with E-state index in [9.17, 15) is 13.2 Å². The summed E-state index contributed by atoms with van der Waals surface area (Å²) in [7, 11) is -3.88. The molecular formula is C23H23BrN2O5S. The number of carbonyl (C=O) groups is 1. The molecule has 0 heterocycles. The van der Waals surface area contributed by atoms with Crippen molar-refractivity contribution in [1.29, 1.82) is 0 Å². The molecule has 32 heavy (non-hydrogen) atoms. The fourth-order valence-electron chi connectivity index (χ4n) is 2.80. The fourth-order valence-corrected chi connectivity index (χ4v) is 4.54. The maximum absolute atomic E-state index is 12.9. The van der Waals surface area contributed by atoms with Gasteiger partial charge in [-0.3, -0.25) is 9.52 Å². The van der Waals surface area contributed by atoms with Gasteiger partial charge in [-0.1, -0.05) is 34.1 Å². The van der Waals surface area contributed by atoms with Crippen LogP contribution in [0.25, 0.3) is 0 Å². The van der Waals surface area contributed by atoms with E-state index in [2.05, 4.69) is 26.0 Å². The van der Waals surface area contributed by atoms with E-state index < -0.39 is 16.1 Å². The van der Waals surface area contributed by atoms with Crippen molar-refractivity contribution < 1.29 is 22.7 Å². The summed E-state index contributed by atoms with van der Waals surface area (Å²) < 4.78 is 40.0. The summed E-state index contributed by atoms with van der Waals surface area (Å²) in [6, 6.07) is 20.2. The van der Waals surface area contributed by atoms with Crippen molar-refractivity contribution in [3.63, 3.8) is 0 Å². The minimum Gasteiger partial charge on any atom is -0.492 e. The molecule has 9 heteroatoms. The molecule has 0 aliphatic heterocycles. The van der Waals surface area contributed by atoms with E-state index in [0.717, 1.165) is 0 Å². The van der Waals surface area contributed by atoms with Crippen molar-refractivity contribution in [1.82, 2.24) is 0 Å². The molecule has 0 aliphatic rings. The number of rotatable bonds is 9. The molecule has 0 bridgehead atoms. The average Bonchev–Trinajstić information content (AvgIpc) is 2.77. The quantitative estimate of drug-likeness (QED) is 0.413. The van der Waals surface area contributed by atoms with Gasteiger partial charge in [0.1, 0.15) is 16.4 Å². The first kappa shape index (κ1) is 23.6. The summed E-state index contributed by atoms with van der Waals surface area (Å²) in [6.07, 6.45) is -0.705. The zero-order valence-electron chi connectivity index (χ0n) is 17.5. The minimum atomic E-state index is -3.88. The van der Waals surface area contributed by atoms with Crippen LogP contribution in [0.3, 0.4) is 0 Å². The van der Waals surface area contributed by atoms with Gasteiger partial charge in [0.05, 0.1) is 6.61 Å². The van der Waals surface area contributed by atoms with Crippen molar-refractivity contribution in [3.8, 4) is 11.5 Å². The van der Waals surface area contributed by atoms with Crippen molar-refractivity contribution in [3.05, 3.63) is 77.3 Å². The Hall–Kier alpha value is -3.04. The average molecular weight is 519 g/mol. The number of para-hydroxylation sites is 1. The second-order valence-electron chi connectivity index (χ2n) is 6.77. The Morgan fingerprint density at radius 1 is 1.00 bits per heavy atom. The molecule has 1 amide bonds. The van der Waals surface area contributed by atoms with Crippen LogP contribution in [0.2, 0.25) is 0 Å². The van der Waals surface area contributed by atoms with Gasteiger partial charge in [0.25, 0.3) is 15.9 Å². The highest BCUT2D eigenvalue weighted by atomic mass is 79.9. The molecule has 0 radical (unpaired) electrons. The van der Waals surface area contributed by atoms with Crippen molar-refractivity contribution in [2.24, 2.45) is 0 Å². The number of hydrogen-bond donors (Lipinski definition) is 2. The standard InChI is InChI=1S/C23H23BrN2O5S/c1-3-30-21-14-9-17(24)15-22(21)32(28,29)26-19-12-10-18(11-13-19)25-23(27)16(2)31-20-7-5-4-6-8-20/h4-16,26H,3H2,1-2H3,(H,25,27)/t16-/m0/s1. The van der Waals surface area contributed by atoms with Crippen molar-refractivity contribution >= 4 is 43.2 Å². The molecule has 3 aromatic rings. The predicted molar refractivity (Wildman–Crippen MR) is 128 cm³/mol. The maximum Gasteiger partial charge on any atom is 0.265 e. The Kier molecular flexibility index (Phi) is 7.76. The van der Waals surface area contributed by atoms with E-state index in [1.165, 1.54) is 6.07 Å². The van der Waals surface area contributed by atoms with Gasteiger partial charge < -0.3 is 14.8 Å². The number of carbonyl (C=O) groups excluding carboxylic acids is 1. The maximum atomic E-state index is 12.9. The number of hydrogen-bond acceptors (Lipinski definition) is 5. The van der Waals surface area contributed by atoms with Gasteiger partial charge in [0.15, 0.2) is 6.10 Å². The van der Waals surface area contributed by atoms with E-state index in [4.69, 9.17) is 9.47 Å². The Labute approximate surface area is 195 Å². The van der Waals surface area contributed by atoms with Gasteiger partial charge in [0, 0.05) is 15.8 Å². The van der Waals surface area contributed by atoms with Crippen LogP contribution >= 0.6 is 15.9 Å². The van der Waals surface area contributed by atoms with Crippen LogP contribution in [-0.2, 0) is 14.8 Å². The molecule has 168 valence electrons. The Balaban J connectivity index is 1.67. The minimum absolute atomic E-state index is 0.0259. The van der Waals surface area contributed by atoms with Crippen LogP contribution in [0.5, 0.6) is 11.5 Å². The largest absolute Gasteiger partial charge is 0.492 e. The lowest BCUT2D eigenvalue weighted by Gasteiger charge is -2.15. The Morgan fingerprint density at radius 3 is 2.31 bits per heavy atom. The zero-order valence-corrected chi connectivity index (χ0v) is 19.9. The number of benzene rings is 3. The first-order chi connectivity index (χ1) is 15.3. The Bertz CT molecular complexity index is 1170. The predicted octanol–water partition coefficient (Wildman–Crippen LogP) is 5.05. The number of anilines is 2. The molecule has 0 saturated carbocycles. The lowest BCUT2D eigenvalue weighted by molar-refractivity contribution is -0.122. The monoisotopic (exact) mass is 518 g/mol. The van der Waals surface area contributed by atoms with Crippen molar-refractivity contribution in [2.45, 2.75) is 24.8 Å². The van der Waals surface area contributed by atoms with Gasteiger partial charge in [-0.2, -0.15) is 0 Å². The van der Waals surface area contributed by atoms with E-state index >= 15 is 0 Å². The third kappa shape index (κ3) is 6.24. The number of ether oxygens (including phenoxy) is 2. The molecule has 2 N–H and O–H groups in total. The first-order valence-corrected chi connectivity index (χ1v) is 12.1. The SMILES string of the molecule is CCOc1ccc(Br)cc1S(=O)(=O)Nc1ccc(NC(=O)[C@H](C)Oc2ccccc2)cc1. The van der Waals surface area contributed by atoms with Crippen LogP contribution < -0.4 is 19.5 Å². The molecule has 3 rings (SSSR count). The van der Waals surface area contributed by atoms with Crippen LogP contribution in [-0.4, -0.2) is 27.0 Å². The van der Waals surface area contributed by atoms with Gasteiger partial charge in [0.2, 0.25) is 0 Å². The van der Waals surface area contributed by atoms with E-state index in [0.29, 0.717) is 28.2 Å². The smallest absolute Gasteiger partial charge is 0.265 e. The van der Waals surface area contributed by atoms with Crippen LogP contribution in [0.4, 0.5) is 11.4 Å².